The van der Waals surface area contributed by atoms with Crippen LogP contribution in [-0.2, 0) is 10.8 Å². The molecule has 36 heavy (non-hydrogen) atoms. The Morgan fingerprint density at radius 1 is 0.972 bits per heavy atom. The molecule has 1 aliphatic rings. The van der Waals surface area contributed by atoms with Gasteiger partial charge in [-0.15, -0.1) is 0 Å². The van der Waals surface area contributed by atoms with Gasteiger partial charge in [0.25, 0.3) is 5.91 Å². The number of likely N-dealkylation sites (tertiary alicyclic amines) is 1. The van der Waals surface area contributed by atoms with Crippen LogP contribution in [0.3, 0.4) is 0 Å². The van der Waals surface area contributed by atoms with Crippen molar-refractivity contribution in [3.8, 4) is 0 Å². The van der Waals surface area contributed by atoms with E-state index in [2.05, 4.69) is 99.6 Å². The first-order valence-electron chi connectivity index (χ1n) is 13.8. The molecule has 0 unspecified atom stereocenters. The van der Waals surface area contributed by atoms with Crippen LogP contribution in [0.15, 0.2) is 48.5 Å². The van der Waals surface area contributed by atoms with E-state index in [0.717, 1.165) is 55.7 Å². The number of hydrogen-bond donors (Lipinski definition) is 1. The maximum atomic E-state index is 14.1. The summed E-state index contributed by atoms with van der Waals surface area (Å²) in [5.74, 6) is 0.105. The molecule has 0 atom stereocenters. The van der Waals surface area contributed by atoms with Gasteiger partial charge in [-0.05, 0) is 79.6 Å². The highest BCUT2D eigenvalue weighted by molar-refractivity contribution is 6.07. The molecule has 3 aromatic rings. The molecule has 4 heteroatoms. The summed E-state index contributed by atoms with van der Waals surface area (Å²) < 4.78 is 0. The number of nitrogens with zero attached hydrogens (tertiary/aromatic N) is 2. The lowest BCUT2D eigenvalue weighted by atomic mass is 9.86. The maximum Gasteiger partial charge on any atom is 0.258 e. The Bertz CT molecular complexity index is 1170. The van der Waals surface area contributed by atoms with Crippen LogP contribution in [0.4, 0.5) is 5.69 Å². The number of aromatic amines is 1. The molecular weight excluding hydrogens is 442 g/mol. The van der Waals surface area contributed by atoms with Gasteiger partial charge in [0.05, 0.1) is 0 Å². The molecule has 1 N–H and O–H groups in total. The van der Waals surface area contributed by atoms with Crippen molar-refractivity contribution in [2.45, 2.75) is 91.0 Å². The van der Waals surface area contributed by atoms with Gasteiger partial charge in [0.1, 0.15) is 0 Å². The smallest absolute Gasteiger partial charge is 0.258 e. The Balaban J connectivity index is 1.70. The minimum absolute atomic E-state index is 0.0661. The fourth-order valence-electron chi connectivity index (χ4n) is 5.29. The van der Waals surface area contributed by atoms with Gasteiger partial charge in [0.15, 0.2) is 0 Å². The summed E-state index contributed by atoms with van der Waals surface area (Å²) in [4.78, 5) is 22.3. The molecule has 194 valence electrons. The summed E-state index contributed by atoms with van der Waals surface area (Å²) in [6, 6.07) is 17.2. The third kappa shape index (κ3) is 5.54. The standard InChI is InChI=1S/C32H45N3O/c1-8-18-34-19-16-26(17-20-34)35(30(36)23-10-12-25(13-11-23)31(3,4)5)27-14-15-28-24(21-27)22-29(33-28)32(6,7)9-2/h10-15,21-22,26,33H,8-9,16-20H2,1-7H3. The predicted octanol–water partition coefficient (Wildman–Crippen LogP) is 7.67. The third-order valence-corrected chi connectivity index (χ3v) is 8.17. The SMILES string of the molecule is CCCN1CCC(N(C(=O)c2ccc(C(C)(C)C)cc2)c2ccc3[nH]c(C(C)(C)CC)cc3c2)CC1. The van der Waals surface area contributed by atoms with Gasteiger partial charge < -0.3 is 14.8 Å². The summed E-state index contributed by atoms with van der Waals surface area (Å²) in [6.45, 7) is 18.9. The van der Waals surface area contributed by atoms with E-state index in [1.54, 1.807) is 0 Å². The van der Waals surface area contributed by atoms with E-state index in [1.165, 1.54) is 23.1 Å². The number of nitrogens with one attached hydrogen (secondary N) is 1. The largest absolute Gasteiger partial charge is 0.358 e. The zero-order valence-corrected chi connectivity index (χ0v) is 23.4. The van der Waals surface area contributed by atoms with Crippen LogP contribution >= 0.6 is 0 Å². The highest BCUT2D eigenvalue weighted by Gasteiger charge is 2.30. The lowest BCUT2D eigenvalue weighted by Gasteiger charge is -2.38. The van der Waals surface area contributed by atoms with Gasteiger partial charge in [0.2, 0.25) is 0 Å². The van der Waals surface area contributed by atoms with Crippen LogP contribution in [0.25, 0.3) is 10.9 Å². The average Bonchev–Trinajstić information content (AvgIpc) is 3.29. The molecule has 1 aliphatic heterocycles. The Morgan fingerprint density at radius 2 is 1.64 bits per heavy atom. The summed E-state index contributed by atoms with van der Waals surface area (Å²) in [5.41, 5.74) is 5.56. The van der Waals surface area contributed by atoms with Crippen LogP contribution in [0.5, 0.6) is 0 Å². The number of aromatic nitrogens is 1. The molecule has 4 nitrogen and oxygen atoms in total. The summed E-state index contributed by atoms with van der Waals surface area (Å²) in [7, 11) is 0. The average molecular weight is 488 g/mol. The number of fused-ring (bicyclic) bond motifs is 1. The molecular formula is C32H45N3O. The van der Waals surface area contributed by atoms with E-state index < -0.39 is 0 Å². The van der Waals surface area contributed by atoms with Crippen molar-refractivity contribution in [2.75, 3.05) is 24.5 Å². The van der Waals surface area contributed by atoms with E-state index in [9.17, 15) is 4.79 Å². The first-order chi connectivity index (χ1) is 17.0. The van der Waals surface area contributed by atoms with E-state index in [1.807, 2.05) is 12.1 Å². The van der Waals surface area contributed by atoms with E-state index in [4.69, 9.17) is 0 Å². The van der Waals surface area contributed by atoms with E-state index in [0.29, 0.717) is 0 Å². The first-order valence-corrected chi connectivity index (χ1v) is 13.8. The highest BCUT2D eigenvalue weighted by Crippen LogP contribution is 2.33. The molecule has 2 heterocycles. The first kappa shape index (κ1) is 26.5. The quantitative estimate of drug-likeness (QED) is 0.371. The molecule has 0 spiro atoms. The Labute approximate surface area is 218 Å². The lowest BCUT2D eigenvalue weighted by Crippen LogP contribution is -2.47. The molecule has 1 saturated heterocycles. The number of carbonyl (C=O) groups is 1. The number of amides is 1. The molecule has 2 aromatic carbocycles. The van der Waals surface area contributed by atoms with Crippen molar-refractivity contribution in [3.63, 3.8) is 0 Å². The second-order valence-corrected chi connectivity index (χ2v) is 12.3. The van der Waals surface area contributed by atoms with Gasteiger partial charge in [0, 0.05) is 52.4 Å². The molecule has 0 aliphatic carbocycles. The molecule has 0 saturated carbocycles. The molecule has 0 radical (unpaired) electrons. The van der Waals surface area contributed by atoms with Crippen molar-refractivity contribution >= 4 is 22.5 Å². The number of benzene rings is 2. The van der Waals surface area contributed by atoms with Crippen molar-refractivity contribution in [1.82, 2.24) is 9.88 Å². The van der Waals surface area contributed by atoms with Crippen molar-refractivity contribution in [1.29, 1.82) is 0 Å². The third-order valence-electron chi connectivity index (χ3n) is 8.17. The van der Waals surface area contributed by atoms with Crippen molar-refractivity contribution in [3.05, 3.63) is 65.4 Å². The topological polar surface area (TPSA) is 39.3 Å². The Hall–Kier alpha value is -2.59. The van der Waals surface area contributed by atoms with Crippen molar-refractivity contribution in [2.24, 2.45) is 0 Å². The maximum absolute atomic E-state index is 14.1. The Kier molecular flexibility index (Phi) is 7.66. The summed E-state index contributed by atoms with van der Waals surface area (Å²) in [6.07, 6.45) is 4.25. The normalized spacial score (nSPS) is 16.0. The summed E-state index contributed by atoms with van der Waals surface area (Å²) in [5, 5.41) is 1.17. The number of piperidine rings is 1. The summed E-state index contributed by atoms with van der Waals surface area (Å²) >= 11 is 0. The zero-order chi connectivity index (χ0) is 26.1. The van der Waals surface area contributed by atoms with Gasteiger partial charge in [-0.1, -0.05) is 60.6 Å². The number of H-pyrrole nitrogens is 1. The van der Waals surface area contributed by atoms with Gasteiger partial charge in [-0.25, -0.2) is 0 Å². The molecule has 1 amide bonds. The fourth-order valence-corrected chi connectivity index (χ4v) is 5.29. The van der Waals surface area contributed by atoms with Crippen LogP contribution < -0.4 is 4.90 Å². The van der Waals surface area contributed by atoms with Gasteiger partial charge in [-0.3, -0.25) is 4.79 Å². The Morgan fingerprint density at radius 3 is 2.22 bits per heavy atom. The second kappa shape index (κ2) is 10.4. The number of anilines is 1. The predicted molar refractivity (Wildman–Crippen MR) is 153 cm³/mol. The zero-order valence-electron chi connectivity index (χ0n) is 23.4. The number of hydrogen-bond acceptors (Lipinski definition) is 2. The highest BCUT2D eigenvalue weighted by atomic mass is 16.2. The van der Waals surface area contributed by atoms with Crippen LogP contribution in [0, 0.1) is 0 Å². The molecule has 1 aromatic heterocycles. The minimum Gasteiger partial charge on any atom is -0.358 e. The van der Waals surface area contributed by atoms with Gasteiger partial charge >= 0.3 is 0 Å². The monoisotopic (exact) mass is 487 g/mol. The minimum atomic E-state index is 0.0661. The lowest BCUT2D eigenvalue weighted by molar-refractivity contribution is 0.0960. The van der Waals surface area contributed by atoms with Crippen molar-refractivity contribution < 1.29 is 4.79 Å². The van der Waals surface area contributed by atoms with E-state index in [-0.39, 0.29) is 22.8 Å². The van der Waals surface area contributed by atoms with E-state index >= 15 is 0 Å². The molecule has 1 fully saturated rings. The van der Waals surface area contributed by atoms with Crippen LogP contribution in [0.1, 0.15) is 95.8 Å². The second-order valence-electron chi connectivity index (χ2n) is 12.3. The van der Waals surface area contributed by atoms with Crippen LogP contribution in [-0.4, -0.2) is 41.5 Å². The fraction of sp³-hybridized carbons (Fsp3) is 0.531. The molecule has 4 rings (SSSR count). The van der Waals surface area contributed by atoms with Gasteiger partial charge in [-0.2, -0.15) is 0 Å². The number of rotatable bonds is 7. The number of carbonyl (C=O) groups excluding carboxylic acids is 1. The molecule has 0 bridgehead atoms. The van der Waals surface area contributed by atoms with Crippen LogP contribution in [0.2, 0.25) is 0 Å².